The predicted octanol–water partition coefficient (Wildman–Crippen LogP) is 4.47. The number of nitrogens with zero attached hydrogens (tertiary/aromatic N) is 5. The number of aromatic nitrogens is 3. The average molecular weight is 385 g/mol. The lowest BCUT2D eigenvalue weighted by atomic mass is 9.99. The van der Waals surface area contributed by atoms with Crippen LogP contribution in [0.2, 0.25) is 0 Å². The van der Waals surface area contributed by atoms with Gasteiger partial charge < -0.3 is 9.64 Å². The van der Waals surface area contributed by atoms with Crippen molar-refractivity contribution in [2.24, 2.45) is 4.99 Å². The highest BCUT2D eigenvalue weighted by atomic mass is 16.5. The summed E-state index contributed by atoms with van der Waals surface area (Å²) in [4.78, 5) is 20.9. The van der Waals surface area contributed by atoms with Crippen LogP contribution in [0.4, 0.5) is 5.82 Å². The van der Waals surface area contributed by atoms with Gasteiger partial charge in [0.2, 0.25) is 0 Å². The van der Waals surface area contributed by atoms with Gasteiger partial charge >= 0.3 is 0 Å². The third-order valence-electron chi connectivity index (χ3n) is 5.58. The van der Waals surface area contributed by atoms with Crippen LogP contribution < -0.4 is 4.90 Å². The standard InChI is InChI=1S/C23H23N5O/c1-29-21-9-7-17(15-25-21)16-6-8-20-19(13-16)23(28-11-2-3-12-28)27-22(26-20)18-5-4-10-24-14-18/h4-6,8,10,13-15H,2-3,7,9,11-12H2,1H3. The zero-order valence-corrected chi connectivity index (χ0v) is 16.5. The molecule has 0 saturated carbocycles. The molecule has 3 aromatic rings. The molecule has 1 saturated heterocycles. The summed E-state index contributed by atoms with van der Waals surface area (Å²) >= 11 is 0. The molecule has 0 N–H and O–H groups in total. The number of hydrogen-bond donors (Lipinski definition) is 0. The Morgan fingerprint density at radius 3 is 2.62 bits per heavy atom. The Morgan fingerprint density at radius 2 is 1.90 bits per heavy atom. The molecular weight excluding hydrogens is 362 g/mol. The van der Waals surface area contributed by atoms with Crippen LogP contribution in [0.5, 0.6) is 0 Å². The molecule has 0 atom stereocenters. The van der Waals surface area contributed by atoms with E-state index < -0.39 is 0 Å². The second-order valence-electron chi connectivity index (χ2n) is 7.42. The quantitative estimate of drug-likeness (QED) is 0.665. The van der Waals surface area contributed by atoms with Gasteiger partial charge in [0.25, 0.3) is 0 Å². The fourth-order valence-corrected chi connectivity index (χ4v) is 4.00. The second-order valence-corrected chi connectivity index (χ2v) is 7.42. The van der Waals surface area contributed by atoms with E-state index >= 15 is 0 Å². The molecule has 2 aromatic heterocycles. The molecule has 29 heavy (non-hydrogen) atoms. The molecule has 0 amide bonds. The van der Waals surface area contributed by atoms with Gasteiger partial charge in [0.1, 0.15) is 5.82 Å². The zero-order valence-electron chi connectivity index (χ0n) is 16.5. The smallest absolute Gasteiger partial charge is 0.187 e. The number of aliphatic imine (C=N–C) groups is 1. The van der Waals surface area contributed by atoms with Crippen LogP contribution >= 0.6 is 0 Å². The maximum atomic E-state index is 5.26. The third-order valence-corrected chi connectivity index (χ3v) is 5.58. The van der Waals surface area contributed by atoms with Gasteiger partial charge in [-0.1, -0.05) is 6.07 Å². The lowest BCUT2D eigenvalue weighted by Crippen LogP contribution is -2.20. The van der Waals surface area contributed by atoms with Crippen LogP contribution in [0.1, 0.15) is 31.2 Å². The Balaban J connectivity index is 1.64. The summed E-state index contributed by atoms with van der Waals surface area (Å²) < 4.78 is 5.26. The van der Waals surface area contributed by atoms with Crippen molar-refractivity contribution in [1.29, 1.82) is 0 Å². The van der Waals surface area contributed by atoms with E-state index in [-0.39, 0.29) is 0 Å². The number of anilines is 1. The highest BCUT2D eigenvalue weighted by Gasteiger charge is 2.20. The highest BCUT2D eigenvalue weighted by molar-refractivity contribution is 5.94. The van der Waals surface area contributed by atoms with Crippen LogP contribution in [0, 0.1) is 0 Å². The number of hydrogen-bond acceptors (Lipinski definition) is 6. The fraction of sp³-hybridized carbons (Fsp3) is 0.304. The van der Waals surface area contributed by atoms with Gasteiger partial charge in [0, 0.05) is 49.1 Å². The van der Waals surface area contributed by atoms with E-state index in [9.17, 15) is 0 Å². The lowest BCUT2D eigenvalue weighted by Gasteiger charge is -2.20. The Bertz CT molecular complexity index is 1100. The summed E-state index contributed by atoms with van der Waals surface area (Å²) in [6.07, 6.45) is 9.67. The molecule has 2 aliphatic rings. The lowest BCUT2D eigenvalue weighted by molar-refractivity contribution is 0.389. The van der Waals surface area contributed by atoms with Crippen LogP contribution in [0.3, 0.4) is 0 Å². The maximum absolute atomic E-state index is 5.26. The van der Waals surface area contributed by atoms with Crippen molar-refractivity contribution in [1.82, 2.24) is 15.0 Å². The van der Waals surface area contributed by atoms with E-state index in [2.05, 4.69) is 33.1 Å². The first-order chi connectivity index (χ1) is 14.3. The zero-order chi connectivity index (χ0) is 19.6. The molecule has 0 spiro atoms. The SMILES string of the molecule is COC1=NC=C(c2ccc3nc(-c4cccnc4)nc(N4CCCC4)c3c2)CC1. The van der Waals surface area contributed by atoms with Gasteiger partial charge in [-0.25, -0.2) is 15.0 Å². The topological polar surface area (TPSA) is 63.5 Å². The van der Waals surface area contributed by atoms with Gasteiger partial charge in [-0.15, -0.1) is 0 Å². The van der Waals surface area contributed by atoms with Gasteiger partial charge in [0.05, 0.1) is 12.6 Å². The minimum atomic E-state index is 0.728. The molecule has 1 aromatic carbocycles. The number of methoxy groups -OCH3 is 1. The Labute approximate surface area is 170 Å². The first-order valence-electron chi connectivity index (χ1n) is 10.1. The van der Waals surface area contributed by atoms with Crippen molar-refractivity contribution in [3.05, 3.63) is 54.5 Å². The number of rotatable bonds is 3. The van der Waals surface area contributed by atoms with Gasteiger partial charge in [-0.05, 0) is 54.7 Å². The summed E-state index contributed by atoms with van der Waals surface area (Å²) in [5.74, 6) is 2.54. The maximum Gasteiger partial charge on any atom is 0.187 e. The van der Waals surface area contributed by atoms with Crippen molar-refractivity contribution in [2.75, 3.05) is 25.1 Å². The summed E-state index contributed by atoms with van der Waals surface area (Å²) in [5.41, 5.74) is 4.29. The number of benzene rings is 1. The summed E-state index contributed by atoms with van der Waals surface area (Å²) in [6.45, 7) is 2.07. The molecule has 6 nitrogen and oxygen atoms in total. The van der Waals surface area contributed by atoms with E-state index in [4.69, 9.17) is 14.7 Å². The minimum Gasteiger partial charge on any atom is -0.484 e. The van der Waals surface area contributed by atoms with E-state index in [1.165, 1.54) is 24.0 Å². The number of allylic oxidation sites excluding steroid dienone is 1. The molecule has 0 aliphatic carbocycles. The molecule has 6 heteroatoms. The van der Waals surface area contributed by atoms with Gasteiger partial charge in [0.15, 0.2) is 11.7 Å². The van der Waals surface area contributed by atoms with Gasteiger partial charge in [-0.3, -0.25) is 4.98 Å². The summed E-state index contributed by atoms with van der Waals surface area (Å²) in [7, 11) is 1.67. The molecule has 0 bridgehead atoms. The highest BCUT2D eigenvalue weighted by Crippen LogP contribution is 2.33. The van der Waals surface area contributed by atoms with E-state index in [1.54, 1.807) is 13.3 Å². The predicted molar refractivity (Wildman–Crippen MR) is 116 cm³/mol. The molecule has 0 radical (unpaired) electrons. The van der Waals surface area contributed by atoms with E-state index in [0.717, 1.165) is 59.9 Å². The molecule has 5 rings (SSSR count). The van der Waals surface area contributed by atoms with Crippen LogP contribution in [0.25, 0.3) is 27.9 Å². The second kappa shape index (κ2) is 7.62. The number of pyridine rings is 1. The van der Waals surface area contributed by atoms with E-state index in [0.29, 0.717) is 0 Å². The van der Waals surface area contributed by atoms with Crippen molar-refractivity contribution in [2.45, 2.75) is 25.7 Å². The molecule has 146 valence electrons. The largest absolute Gasteiger partial charge is 0.484 e. The summed E-state index contributed by atoms with van der Waals surface area (Å²) in [6, 6.07) is 10.4. The Hall–Kier alpha value is -3.28. The normalized spacial score (nSPS) is 16.7. The molecule has 0 unspecified atom stereocenters. The van der Waals surface area contributed by atoms with E-state index in [1.807, 2.05) is 24.5 Å². The molecule has 4 heterocycles. The Morgan fingerprint density at radius 1 is 1.00 bits per heavy atom. The van der Waals surface area contributed by atoms with Crippen molar-refractivity contribution in [3.63, 3.8) is 0 Å². The third kappa shape index (κ3) is 3.46. The van der Waals surface area contributed by atoms with Crippen molar-refractivity contribution in [3.8, 4) is 11.4 Å². The van der Waals surface area contributed by atoms with Crippen molar-refractivity contribution >= 4 is 28.2 Å². The monoisotopic (exact) mass is 385 g/mol. The average Bonchev–Trinajstić information content (AvgIpc) is 3.33. The fourth-order valence-electron chi connectivity index (χ4n) is 4.00. The minimum absolute atomic E-state index is 0.728. The number of ether oxygens (including phenoxy) is 1. The number of fused-ring (bicyclic) bond motifs is 1. The van der Waals surface area contributed by atoms with Crippen LogP contribution in [-0.4, -0.2) is 41.0 Å². The molecule has 2 aliphatic heterocycles. The first kappa shape index (κ1) is 17.8. The summed E-state index contributed by atoms with van der Waals surface area (Å²) in [5, 5.41) is 1.10. The van der Waals surface area contributed by atoms with Crippen molar-refractivity contribution < 1.29 is 4.74 Å². The van der Waals surface area contributed by atoms with Crippen LogP contribution in [-0.2, 0) is 4.74 Å². The van der Waals surface area contributed by atoms with Gasteiger partial charge in [-0.2, -0.15) is 0 Å². The van der Waals surface area contributed by atoms with Crippen LogP contribution in [0.15, 0.2) is 53.9 Å². The molecular formula is C23H23N5O. The first-order valence-corrected chi connectivity index (χ1v) is 10.1. The Kier molecular flexibility index (Phi) is 4.68. The molecule has 1 fully saturated rings.